The molecule has 0 amide bonds. The van der Waals surface area contributed by atoms with Crippen molar-refractivity contribution in [1.82, 2.24) is 4.57 Å². The monoisotopic (exact) mass is 236 g/mol. The molecule has 1 heterocycles. The van der Waals surface area contributed by atoms with E-state index in [0.717, 1.165) is 24.6 Å². The van der Waals surface area contributed by atoms with Gasteiger partial charge >= 0.3 is 0 Å². The summed E-state index contributed by atoms with van der Waals surface area (Å²) in [6, 6.07) is 7.34. The van der Waals surface area contributed by atoms with Crippen LogP contribution in [-0.2, 0) is 6.42 Å². The van der Waals surface area contributed by atoms with Crippen LogP contribution in [0.25, 0.3) is 5.69 Å². The molecular formula is C13H14F2N2. The SMILES string of the molecule is NCCCc1cccn1-c1ccc(F)cc1F. The first-order chi connectivity index (χ1) is 8.22. The molecule has 0 fully saturated rings. The summed E-state index contributed by atoms with van der Waals surface area (Å²) in [4.78, 5) is 0. The fourth-order valence-corrected chi connectivity index (χ4v) is 1.81. The van der Waals surface area contributed by atoms with Crippen LogP contribution in [-0.4, -0.2) is 11.1 Å². The summed E-state index contributed by atoms with van der Waals surface area (Å²) in [6.45, 7) is 0.594. The van der Waals surface area contributed by atoms with Crippen LogP contribution in [0.1, 0.15) is 12.1 Å². The third-order valence-corrected chi connectivity index (χ3v) is 2.64. The fourth-order valence-electron chi connectivity index (χ4n) is 1.81. The minimum absolute atomic E-state index is 0.364. The molecule has 2 N–H and O–H groups in total. The molecule has 0 saturated heterocycles. The van der Waals surface area contributed by atoms with E-state index >= 15 is 0 Å². The van der Waals surface area contributed by atoms with Crippen molar-refractivity contribution in [2.45, 2.75) is 12.8 Å². The summed E-state index contributed by atoms with van der Waals surface area (Å²) < 4.78 is 28.2. The van der Waals surface area contributed by atoms with Gasteiger partial charge in [0.2, 0.25) is 0 Å². The molecule has 2 aromatic rings. The summed E-state index contributed by atoms with van der Waals surface area (Å²) in [5.41, 5.74) is 6.79. The van der Waals surface area contributed by atoms with E-state index in [1.165, 1.54) is 12.1 Å². The molecule has 4 heteroatoms. The smallest absolute Gasteiger partial charge is 0.150 e. The van der Waals surface area contributed by atoms with E-state index in [0.29, 0.717) is 12.2 Å². The zero-order valence-corrected chi connectivity index (χ0v) is 9.37. The molecule has 0 radical (unpaired) electrons. The van der Waals surface area contributed by atoms with Gasteiger partial charge in [-0.25, -0.2) is 8.78 Å². The zero-order valence-electron chi connectivity index (χ0n) is 9.37. The number of nitrogens with zero attached hydrogens (tertiary/aromatic N) is 1. The van der Waals surface area contributed by atoms with Gasteiger partial charge in [0.05, 0.1) is 5.69 Å². The molecule has 0 saturated carbocycles. The number of benzene rings is 1. The normalized spacial score (nSPS) is 10.8. The molecule has 0 atom stereocenters. The van der Waals surface area contributed by atoms with E-state index < -0.39 is 11.6 Å². The van der Waals surface area contributed by atoms with E-state index in [1.54, 1.807) is 10.8 Å². The highest BCUT2D eigenvalue weighted by molar-refractivity contribution is 5.36. The van der Waals surface area contributed by atoms with E-state index in [2.05, 4.69) is 0 Å². The molecule has 1 aromatic carbocycles. The lowest BCUT2D eigenvalue weighted by atomic mass is 10.2. The number of nitrogens with two attached hydrogens (primary N) is 1. The van der Waals surface area contributed by atoms with Crippen LogP contribution in [0.2, 0.25) is 0 Å². The van der Waals surface area contributed by atoms with Crippen LogP contribution in [0.5, 0.6) is 0 Å². The third kappa shape index (κ3) is 2.53. The Labute approximate surface area is 98.7 Å². The highest BCUT2D eigenvalue weighted by Gasteiger charge is 2.08. The van der Waals surface area contributed by atoms with Crippen molar-refractivity contribution in [3.8, 4) is 5.69 Å². The van der Waals surface area contributed by atoms with Gasteiger partial charge in [0.1, 0.15) is 11.6 Å². The van der Waals surface area contributed by atoms with Crippen molar-refractivity contribution >= 4 is 0 Å². The van der Waals surface area contributed by atoms with Gasteiger partial charge < -0.3 is 10.3 Å². The summed E-state index contributed by atoms with van der Waals surface area (Å²) in [5.74, 6) is -1.13. The Morgan fingerprint density at radius 1 is 1.18 bits per heavy atom. The molecule has 0 spiro atoms. The molecule has 0 aliphatic rings. The van der Waals surface area contributed by atoms with Crippen molar-refractivity contribution in [3.05, 3.63) is 53.9 Å². The Bertz CT molecular complexity index is 506. The van der Waals surface area contributed by atoms with Crippen molar-refractivity contribution in [2.24, 2.45) is 5.73 Å². The average Bonchev–Trinajstić information content (AvgIpc) is 2.74. The Kier molecular flexibility index (Phi) is 3.54. The first-order valence-electron chi connectivity index (χ1n) is 5.54. The van der Waals surface area contributed by atoms with Crippen molar-refractivity contribution in [1.29, 1.82) is 0 Å². The van der Waals surface area contributed by atoms with E-state index in [4.69, 9.17) is 5.73 Å². The number of rotatable bonds is 4. The van der Waals surface area contributed by atoms with Crippen molar-refractivity contribution in [3.63, 3.8) is 0 Å². The first kappa shape index (κ1) is 11.8. The zero-order chi connectivity index (χ0) is 12.3. The summed E-state index contributed by atoms with van der Waals surface area (Å²) in [6.07, 6.45) is 3.38. The number of halogens is 2. The van der Waals surface area contributed by atoms with E-state index in [9.17, 15) is 8.78 Å². The van der Waals surface area contributed by atoms with Crippen LogP contribution >= 0.6 is 0 Å². The standard InChI is InChI=1S/C13H14F2N2/c14-10-5-6-13(12(15)9-10)17-8-2-4-11(17)3-1-7-16/h2,4-6,8-9H,1,3,7,16H2. The first-order valence-corrected chi connectivity index (χ1v) is 5.54. The number of aryl methyl sites for hydroxylation is 1. The van der Waals surface area contributed by atoms with Crippen LogP contribution in [0.15, 0.2) is 36.5 Å². The summed E-state index contributed by atoms with van der Waals surface area (Å²) in [5, 5.41) is 0. The number of aromatic nitrogens is 1. The Morgan fingerprint density at radius 2 is 2.00 bits per heavy atom. The van der Waals surface area contributed by atoms with Gasteiger partial charge in [0.15, 0.2) is 0 Å². The maximum absolute atomic E-state index is 13.6. The summed E-state index contributed by atoms with van der Waals surface area (Å²) in [7, 11) is 0. The van der Waals surface area contributed by atoms with Gasteiger partial charge in [0.25, 0.3) is 0 Å². The Hall–Kier alpha value is -1.68. The minimum Gasteiger partial charge on any atom is -0.330 e. The fraction of sp³-hybridized carbons (Fsp3) is 0.231. The highest BCUT2D eigenvalue weighted by atomic mass is 19.1. The second-order valence-electron chi connectivity index (χ2n) is 3.86. The van der Waals surface area contributed by atoms with Crippen LogP contribution in [0, 0.1) is 11.6 Å². The lowest BCUT2D eigenvalue weighted by Crippen LogP contribution is -2.05. The summed E-state index contributed by atoms with van der Waals surface area (Å²) >= 11 is 0. The topological polar surface area (TPSA) is 30.9 Å². The van der Waals surface area contributed by atoms with Crippen molar-refractivity contribution in [2.75, 3.05) is 6.54 Å². The minimum atomic E-state index is -0.568. The lowest BCUT2D eigenvalue weighted by molar-refractivity contribution is 0.576. The van der Waals surface area contributed by atoms with Crippen LogP contribution < -0.4 is 5.73 Å². The van der Waals surface area contributed by atoms with Crippen LogP contribution in [0.3, 0.4) is 0 Å². The highest BCUT2D eigenvalue weighted by Crippen LogP contribution is 2.18. The Morgan fingerprint density at radius 3 is 2.71 bits per heavy atom. The maximum Gasteiger partial charge on any atom is 0.150 e. The second-order valence-corrected chi connectivity index (χ2v) is 3.86. The van der Waals surface area contributed by atoms with Gasteiger partial charge in [-0.1, -0.05) is 0 Å². The molecule has 2 rings (SSSR count). The molecule has 0 unspecified atom stereocenters. The lowest BCUT2D eigenvalue weighted by Gasteiger charge is -2.10. The van der Waals surface area contributed by atoms with Crippen LogP contribution in [0.4, 0.5) is 8.78 Å². The van der Waals surface area contributed by atoms with E-state index in [-0.39, 0.29) is 0 Å². The largest absolute Gasteiger partial charge is 0.330 e. The predicted molar refractivity (Wildman–Crippen MR) is 63.1 cm³/mol. The average molecular weight is 236 g/mol. The molecule has 0 aliphatic carbocycles. The maximum atomic E-state index is 13.6. The van der Waals surface area contributed by atoms with Gasteiger partial charge in [0, 0.05) is 18.0 Å². The van der Waals surface area contributed by atoms with E-state index in [1.807, 2.05) is 12.1 Å². The molecular weight excluding hydrogens is 222 g/mol. The second kappa shape index (κ2) is 5.10. The van der Waals surface area contributed by atoms with Gasteiger partial charge in [-0.3, -0.25) is 0 Å². The Balaban J connectivity index is 2.35. The molecule has 17 heavy (non-hydrogen) atoms. The van der Waals surface area contributed by atoms with Gasteiger partial charge in [-0.2, -0.15) is 0 Å². The third-order valence-electron chi connectivity index (χ3n) is 2.64. The van der Waals surface area contributed by atoms with Gasteiger partial charge in [-0.05, 0) is 43.7 Å². The predicted octanol–water partition coefficient (Wildman–Crippen LogP) is 2.65. The molecule has 0 bridgehead atoms. The molecule has 1 aromatic heterocycles. The molecule has 2 nitrogen and oxygen atoms in total. The number of hydrogen-bond donors (Lipinski definition) is 1. The van der Waals surface area contributed by atoms with Gasteiger partial charge in [-0.15, -0.1) is 0 Å². The molecule has 90 valence electrons. The quantitative estimate of drug-likeness (QED) is 0.869. The molecule has 0 aliphatic heterocycles. The van der Waals surface area contributed by atoms with Crippen molar-refractivity contribution < 1.29 is 8.78 Å². The number of hydrogen-bond acceptors (Lipinski definition) is 1.